The summed E-state index contributed by atoms with van der Waals surface area (Å²) in [6.45, 7) is 4.06. The fourth-order valence-electron chi connectivity index (χ4n) is 2.76. The van der Waals surface area contributed by atoms with Crippen LogP contribution in [-0.4, -0.2) is 36.3 Å². The van der Waals surface area contributed by atoms with E-state index in [0.29, 0.717) is 22.2 Å². The monoisotopic (exact) mass is 471 g/mol. The van der Waals surface area contributed by atoms with Crippen molar-refractivity contribution in [2.45, 2.75) is 26.4 Å². The number of benzene rings is 2. The van der Waals surface area contributed by atoms with Gasteiger partial charge in [0.05, 0.1) is 26.0 Å². The van der Waals surface area contributed by atoms with Crippen LogP contribution in [0.25, 0.3) is 11.3 Å². The summed E-state index contributed by atoms with van der Waals surface area (Å²) in [6.07, 6.45) is 1.03. The number of anilines is 1. The number of nitrogens with one attached hydrogen (secondary N) is 2. The lowest BCUT2D eigenvalue weighted by Gasteiger charge is -2.13. The third-order valence-electron chi connectivity index (χ3n) is 4.66. The number of thiocarbonyl (C=S) groups is 1. The van der Waals surface area contributed by atoms with Crippen molar-refractivity contribution in [3.05, 3.63) is 53.4 Å². The van der Waals surface area contributed by atoms with Gasteiger partial charge in [-0.25, -0.2) is 4.98 Å². The smallest absolute Gasteiger partial charge is 0.257 e. The number of carbonyl (C=O) groups excluding carboxylic acids is 1. The molecule has 7 nitrogen and oxygen atoms in total. The van der Waals surface area contributed by atoms with Crippen LogP contribution in [0.4, 0.5) is 5.13 Å². The van der Waals surface area contributed by atoms with Crippen molar-refractivity contribution in [3.63, 3.8) is 0 Å². The number of methoxy groups -OCH3 is 2. The van der Waals surface area contributed by atoms with Crippen LogP contribution < -0.4 is 24.8 Å². The summed E-state index contributed by atoms with van der Waals surface area (Å²) in [7, 11) is 3.18. The molecule has 0 aliphatic heterocycles. The van der Waals surface area contributed by atoms with Crippen molar-refractivity contribution < 1.29 is 19.0 Å². The Morgan fingerprint density at radius 1 is 1.12 bits per heavy atom. The molecular formula is C23H25N3O4S2. The van der Waals surface area contributed by atoms with Crippen molar-refractivity contribution in [2.75, 3.05) is 19.5 Å². The maximum atomic E-state index is 12.5. The summed E-state index contributed by atoms with van der Waals surface area (Å²) in [4.78, 5) is 17.0. The standard InChI is InChI=1S/C23H25N3O4S2/c1-5-14(2)30-17-9-6-15(7-10-17)21(27)25-22(31)26-23-24-18(13-32-23)16-8-11-19(28-3)20(12-16)29-4/h6-14H,5H2,1-4H3,(H2,24,25,26,27,31)/t14-/m0/s1. The van der Waals surface area contributed by atoms with Crippen molar-refractivity contribution >= 4 is 39.7 Å². The van der Waals surface area contributed by atoms with Gasteiger partial charge in [0.15, 0.2) is 21.7 Å². The van der Waals surface area contributed by atoms with Crippen molar-refractivity contribution in [1.82, 2.24) is 10.3 Å². The molecule has 168 valence electrons. The Labute approximate surface area is 196 Å². The number of carbonyl (C=O) groups is 1. The molecule has 0 saturated carbocycles. The molecule has 2 aromatic carbocycles. The Bertz CT molecular complexity index is 1080. The average molecular weight is 472 g/mol. The molecule has 0 bridgehead atoms. The first-order valence-corrected chi connectivity index (χ1v) is 11.3. The Morgan fingerprint density at radius 3 is 2.50 bits per heavy atom. The summed E-state index contributed by atoms with van der Waals surface area (Å²) in [5.41, 5.74) is 2.11. The van der Waals surface area contributed by atoms with Crippen LogP contribution in [0.1, 0.15) is 30.6 Å². The number of hydrogen-bond acceptors (Lipinski definition) is 7. The second-order valence-corrected chi connectivity index (χ2v) is 8.14. The minimum absolute atomic E-state index is 0.119. The fraction of sp³-hybridized carbons (Fsp3) is 0.261. The molecular weight excluding hydrogens is 446 g/mol. The van der Waals surface area contributed by atoms with E-state index in [-0.39, 0.29) is 17.1 Å². The first-order chi connectivity index (χ1) is 15.4. The average Bonchev–Trinajstić information content (AvgIpc) is 3.27. The Hall–Kier alpha value is -3.17. The lowest BCUT2D eigenvalue weighted by molar-refractivity contribution is 0.0977. The van der Waals surface area contributed by atoms with E-state index in [9.17, 15) is 4.79 Å². The molecule has 1 heterocycles. The van der Waals surface area contributed by atoms with Gasteiger partial charge in [-0.05, 0) is 68.0 Å². The zero-order valence-corrected chi connectivity index (χ0v) is 19.9. The minimum Gasteiger partial charge on any atom is -0.493 e. The van der Waals surface area contributed by atoms with Gasteiger partial charge in [0.1, 0.15) is 5.75 Å². The van der Waals surface area contributed by atoms with Gasteiger partial charge in [0, 0.05) is 16.5 Å². The number of ether oxygens (including phenoxy) is 3. The van der Waals surface area contributed by atoms with Crippen LogP contribution in [0.2, 0.25) is 0 Å². The number of amides is 1. The van der Waals surface area contributed by atoms with Crippen molar-refractivity contribution in [3.8, 4) is 28.5 Å². The van der Waals surface area contributed by atoms with E-state index in [4.69, 9.17) is 26.4 Å². The Balaban J connectivity index is 1.60. The minimum atomic E-state index is -0.311. The molecule has 0 aliphatic carbocycles. The molecule has 3 rings (SSSR count). The summed E-state index contributed by atoms with van der Waals surface area (Å²) in [6, 6.07) is 12.5. The number of nitrogens with zero attached hydrogens (tertiary/aromatic N) is 1. The molecule has 0 aliphatic rings. The highest BCUT2D eigenvalue weighted by Crippen LogP contribution is 2.33. The second kappa shape index (κ2) is 10.9. The van der Waals surface area contributed by atoms with Gasteiger partial charge >= 0.3 is 0 Å². The van der Waals surface area contributed by atoms with Crippen molar-refractivity contribution in [2.24, 2.45) is 0 Å². The van der Waals surface area contributed by atoms with Crippen molar-refractivity contribution in [1.29, 1.82) is 0 Å². The van der Waals surface area contributed by atoms with E-state index >= 15 is 0 Å². The molecule has 1 atom stereocenters. The molecule has 0 spiro atoms. The molecule has 0 saturated heterocycles. The molecule has 0 unspecified atom stereocenters. The number of thiazole rings is 1. The van der Waals surface area contributed by atoms with E-state index in [0.717, 1.165) is 23.4 Å². The maximum Gasteiger partial charge on any atom is 0.257 e. The van der Waals surface area contributed by atoms with Gasteiger partial charge in [0.25, 0.3) is 5.91 Å². The van der Waals surface area contributed by atoms with Crippen LogP contribution in [-0.2, 0) is 0 Å². The Morgan fingerprint density at radius 2 is 1.84 bits per heavy atom. The summed E-state index contributed by atoms with van der Waals surface area (Å²) in [5, 5.41) is 8.25. The van der Waals surface area contributed by atoms with Gasteiger partial charge in [-0.15, -0.1) is 11.3 Å². The lowest BCUT2D eigenvalue weighted by Crippen LogP contribution is -2.34. The first-order valence-electron chi connectivity index (χ1n) is 10.0. The van der Waals surface area contributed by atoms with E-state index in [1.807, 2.05) is 30.5 Å². The molecule has 32 heavy (non-hydrogen) atoms. The first kappa shape index (κ1) is 23.5. The predicted molar refractivity (Wildman–Crippen MR) is 131 cm³/mol. The highest BCUT2D eigenvalue weighted by Gasteiger charge is 2.12. The van der Waals surface area contributed by atoms with Crippen LogP contribution in [0.3, 0.4) is 0 Å². The largest absolute Gasteiger partial charge is 0.493 e. The fourth-order valence-corrected chi connectivity index (χ4v) is 3.74. The highest BCUT2D eigenvalue weighted by atomic mass is 32.1. The third-order valence-corrected chi connectivity index (χ3v) is 5.62. The van der Waals surface area contributed by atoms with Crippen LogP contribution in [0.15, 0.2) is 47.8 Å². The molecule has 1 aromatic heterocycles. The summed E-state index contributed by atoms with van der Waals surface area (Å²) >= 11 is 6.65. The van der Waals surface area contributed by atoms with Gasteiger partial charge in [-0.2, -0.15) is 0 Å². The number of aromatic nitrogens is 1. The molecule has 9 heteroatoms. The zero-order chi connectivity index (χ0) is 23.1. The normalized spacial score (nSPS) is 11.4. The molecule has 0 radical (unpaired) electrons. The van der Waals surface area contributed by atoms with E-state index in [1.54, 1.807) is 38.5 Å². The third kappa shape index (κ3) is 5.95. The SMILES string of the molecule is CC[C@H](C)Oc1ccc(C(=O)NC(=S)Nc2nc(-c3ccc(OC)c(OC)c3)cs2)cc1. The quantitative estimate of drug-likeness (QED) is 0.441. The zero-order valence-electron chi connectivity index (χ0n) is 18.3. The van der Waals surface area contributed by atoms with Gasteiger partial charge in [0.2, 0.25) is 0 Å². The highest BCUT2D eigenvalue weighted by molar-refractivity contribution is 7.80. The number of rotatable bonds is 8. The predicted octanol–water partition coefficient (Wildman–Crippen LogP) is 5.13. The van der Waals surface area contributed by atoms with Crippen LogP contribution in [0, 0.1) is 0 Å². The molecule has 0 fully saturated rings. The van der Waals surface area contributed by atoms with E-state index < -0.39 is 0 Å². The topological polar surface area (TPSA) is 81.7 Å². The van der Waals surface area contributed by atoms with E-state index in [1.165, 1.54) is 11.3 Å². The number of hydrogen-bond donors (Lipinski definition) is 2. The molecule has 1 amide bonds. The molecule has 2 N–H and O–H groups in total. The Kier molecular flexibility index (Phi) is 8.02. The molecule has 3 aromatic rings. The van der Waals surface area contributed by atoms with Gasteiger partial charge in [-0.3, -0.25) is 10.1 Å². The lowest BCUT2D eigenvalue weighted by atomic mass is 10.1. The maximum absolute atomic E-state index is 12.5. The van der Waals surface area contributed by atoms with Gasteiger partial charge < -0.3 is 19.5 Å². The summed E-state index contributed by atoms with van der Waals surface area (Å²) < 4.78 is 16.3. The second-order valence-electron chi connectivity index (χ2n) is 6.88. The van der Waals surface area contributed by atoms with Crippen LogP contribution in [0.5, 0.6) is 17.2 Å². The van der Waals surface area contributed by atoms with Crippen LogP contribution >= 0.6 is 23.6 Å². The van der Waals surface area contributed by atoms with Gasteiger partial charge in [-0.1, -0.05) is 6.92 Å². The van der Waals surface area contributed by atoms with E-state index in [2.05, 4.69) is 22.5 Å². The summed E-state index contributed by atoms with van der Waals surface area (Å²) in [5.74, 6) is 1.68.